The molecule has 31 heavy (non-hydrogen) atoms. The van der Waals surface area contributed by atoms with Crippen LogP contribution in [0.4, 0.5) is 4.79 Å². The van der Waals surface area contributed by atoms with Crippen LogP contribution in [-0.4, -0.2) is 50.3 Å². The van der Waals surface area contributed by atoms with E-state index < -0.39 is 12.0 Å². The maximum atomic E-state index is 12.4. The molecule has 0 spiro atoms. The number of imide groups is 1. The van der Waals surface area contributed by atoms with Crippen molar-refractivity contribution in [1.29, 1.82) is 0 Å². The molecule has 166 valence electrons. The van der Waals surface area contributed by atoms with Crippen LogP contribution in [0.3, 0.4) is 0 Å². The van der Waals surface area contributed by atoms with Gasteiger partial charge in [-0.15, -0.1) is 0 Å². The third-order valence-electron chi connectivity index (χ3n) is 6.79. The van der Waals surface area contributed by atoms with Gasteiger partial charge in [-0.25, -0.2) is 4.79 Å². The summed E-state index contributed by atoms with van der Waals surface area (Å²) in [6.07, 6.45) is 1.50. The van der Waals surface area contributed by atoms with Crippen LogP contribution in [0.15, 0.2) is 18.2 Å². The summed E-state index contributed by atoms with van der Waals surface area (Å²) in [5.74, 6) is -0.672. The number of rotatable bonds is 2. The molecule has 1 aromatic heterocycles. The van der Waals surface area contributed by atoms with Crippen LogP contribution in [0.25, 0.3) is 10.9 Å². The highest BCUT2D eigenvalue weighted by atomic mass is 16.4. The number of carbonyl (C=O) groups is 3. The van der Waals surface area contributed by atoms with Gasteiger partial charge in [-0.3, -0.25) is 19.6 Å². The first kappa shape index (κ1) is 21.3. The van der Waals surface area contributed by atoms with E-state index in [1.54, 1.807) is 9.58 Å². The van der Waals surface area contributed by atoms with Crippen molar-refractivity contribution >= 4 is 28.8 Å². The number of piperidine rings is 2. The lowest BCUT2D eigenvalue weighted by Gasteiger charge is -2.44. The molecule has 3 unspecified atom stereocenters. The molecule has 0 aliphatic carbocycles. The van der Waals surface area contributed by atoms with Gasteiger partial charge >= 0.3 is 6.09 Å². The van der Waals surface area contributed by atoms with E-state index in [9.17, 15) is 19.5 Å². The van der Waals surface area contributed by atoms with Crippen LogP contribution < -0.4 is 5.32 Å². The molecule has 2 saturated heterocycles. The number of hydrogen-bond donors (Lipinski definition) is 2. The number of nitrogens with zero attached hydrogens (tertiary/aromatic N) is 3. The van der Waals surface area contributed by atoms with Gasteiger partial charge in [-0.2, -0.15) is 5.10 Å². The molecule has 0 saturated carbocycles. The smallest absolute Gasteiger partial charge is 0.407 e. The fraction of sp³-hybridized carbons (Fsp3) is 0.565. The molecule has 0 radical (unpaired) electrons. The normalized spacial score (nSPS) is 25.0. The number of fused-ring (bicyclic) bond motifs is 1. The molecular weight excluding hydrogens is 396 g/mol. The molecule has 1 aromatic carbocycles. The predicted octanol–water partition coefficient (Wildman–Crippen LogP) is 3.37. The largest absolute Gasteiger partial charge is 0.465 e. The number of carbonyl (C=O) groups excluding carboxylic acids is 2. The van der Waals surface area contributed by atoms with E-state index in [4.69, 9.17) is 0 Å². The van der Waals surface area contributed by atoms with Crippen molar-refractivity contribution in [3.63, 3.8) is 0 Å². The molecular formula is C23H30N4O4. The molecule has 2 fully saturated rings. The van der Waals surface area contributed by atoms with E-state index in [0.717, 1.165) is 23.7 Å². The lowest BCUT2D eigenvalue weighted by molar-refractivity contribution is -0.134. The number of aromatic nitrogens is 2. The molecule has 3 atom stereocenters. The zero-order valence-corrected chi connectivity index (χ0v) is 18.5. The first-order chi connectivity index (χ1) is 14.6. The first-order valence-electron chi connectivity index (χ1n) is 10.9. The molecule has 2 aliphatic heterocycles. The highest BCUT2D eigenvalue weighted by Crippen LogP contribution is 2.40. The molecule has 4 rings (SSSR count). The molecule has 0 bridgehead atoms. The van der Waals surface area contributed by atoms with Gasteiger partial charge in [0.25, 0.3) is 0 Å². The topological polar surface area (TPSA) is 105 Å². The average molecular weight is 427 g/mol. The Bertz CT molecular complexity index is 1050. The van der Waals surface area contributed by atoms with Crippen LogP contribution in [0, 0.1) is 5.41 Å². The number of likely N-dealkylation sites (tertiary alicyclic amines) is 1. The SMILES string of the molecule is Cn1nc(C2CCC(=O)NC2=O)c2ccc(C3CCN(C(=O)O)C(C(C)(C)C)C3)cc21. The highest BCUT2D eigenvalue weighted by molar-refractivity contribution is 6.02. The van der Waals surface area contributed by atoms with Crippen molar-refractivity contribution in [3.05, 3.63) is 29.5 Å². The third kappa shape index (κ3) is 3.91. The van der Waals surface area contributed by atoms with Gasteiger partial charge in [0, 0.05) is 31.4 Å². The van der Waals surface area contributed by atoms with Crippen LogP contribution in [0.1, 0.15) is 69.5 Å². The minimum Gasteiger partial charge on any atom is -0.465 e. The summed E-state index contributed by atoms with van der Waals surface area (Å²) in [4.78, 5) is 37.2. The van der Waals surface area contributed by atoms with E-state index >= 15 is 0 Å². The predicted molar refractivity (Wildman–Crippen MR) is 116 cm³/mol. The maximum Gasteiger partial charge on any atom is 0.407 e. The standard InChI is InChI=1S/C23H30N4O4/c1-23(2,3)18-12-14(9-10-27(18)22(30)31)13-5-6-15-17(11-13)26(4)25-20(15)16-7-8-19(28)24-21(16)29/h5-6,11,14,16,18H,7-10,12H2,1-4H3,(H,30,31)(H,24,28,29). The summed E-state index contributed by atoms with van der Waals surface area (Å²) in [5, 5.41) is 17.6. The van der Waals surface area contributed by atoms with Crippen LogP contribution in [-0.2, 0) is 16.6 Å². The molecule has 8 nitrogen and oxygen atoms in total. The van der Waals surface area contributed by atoms with Gasteiger partial charge in [0.05, 0.1) is 17.1 Å². The number of benzene rings is 1. The molecule has 3 heterocycles. The van der Waals surface area contributed by atoms with Gasteiger partial charge in [-0.05, 0) is 42.2 Å². The maximum absolute atomic E-state index is 12.4. The van der Waals surface area contributed by atoms with Gasteiger partial charge in [0.2, 0.25) is 11.8 Å². The van der Waals surface area contributed by atoms with Gasteiger partial charge in [0.15, 0.2) is 0 Å². The molecule has 2 aliphatic rings. The van der Waals surface area contributed by atoms with Crippen LogP contribution >= 0.6 is 0 Å². The van der Waals surface area contributed by atoms with Crippen molar-refractivity contribution < 1.29 is 19.5 Å². The quantitative estimate of drug-likeness (QED) is 0.717. The Balaban J connectivity index is 1.64. The number of amides is 3. The number of carboxylic acid groups (broad SMARTS) is 1. The van der Waals surface area contributed by atoms with E-state index in [1.807, 2.05) is 13.1 Å². The van der Waals surface area contributed by atoms with Gasteiger partial charge < -0.3 is 10.0 Å². The third-order valence-corrected chi connectivity index (χ3v) is 6.79. The lowest BCUT2D eigenvalue weighted by Crippen LogP contribution is -2.51. The lowest BCUT2D eigenvalue weighted by atomic mass is 9.75. The second kappa shape index (κ2) is 7.66. The van der Waals surface area contributed by atoms with E-state index in [-0.39, 0.29) is 29.2 Å². The second-order valence-corrected chi connectivity index (χ2v) is 9.87. The van der Waals surface area contributed by atoms with Gasteiger partial charge in [0.1, 0.15) is 0 Å². The summed E-state index contributed by atoms with van der Waals surface area (Å²) in [6, 6.07) is 6.18. The second-order valence-electron chi connectivity index (χ2n) is 9.87. The Kier molecular flexibility index (Phi) is 5.27. The van der Waals surface area contributed by atoms with Crippen molar-refractivity contribution in [2.45, 2.75) is 64.3 Å². The highest BCUT2D eigenvalue weighted by Gasteiger charge is 2.39. The fourth-order valence-electron chi connectivity index (χ4n) is 5.09. The summed E-state index contributed by atoms with van der Waals surface area (Å²) < 4.78 is 1.80. The number of nitrogens with one attached hydrogen (secondary N) is 1. The minimum absolute atomic E-state index is 0.0509. The van der Waals surface area contributed by atoms with Crippen LogP contribution in [0.2, 0.25) is 0 Å². The molecule has 2 N–H and O–H groups in total. The Morgan fingerprint density at radius 3 is 2.61 bits per heavy atom. The number of hydrogen-bond acceptors (Lipinski definition) is 4. The summed E-state index contributed by atoms with van der Waals surface area (Å²) >= 11 is 0. The molecule has 2 aromatic rings. The van der Waals surface area contributed by atoms with Gasteiger partial charge in [-0.1, -0.05) is 32.9 Å². The first-order valence-corrected chi connectivity index (χ1v) is 10.9. The Morgan fingerprint density at radius 1 is 1.23 bits per heavy atom. The van der Waals surface area contributed by atoms with Crippen molar-refractivity contribution in [3.8, 4) is 0 Å². The van der Waals surface area contributed by atoms with E-state index in [0.29, 0.717) is 25.1 Å². The summed E-state index contributed by atoms with van der Waals surface area (Å²) in [6.45, 7) is 6.79. The molecule has 3 amide bonds. The van der Waals surface area contributed by atoms with Crippen molar-refractivity contribution in [1.82, 2.24) is 20.0 Å². The zero-order chi connectivity index (χ0) is 22.5. The fourth-order valence-corrected chi connectivity index (χ4v) is 5.09. The Labute approximate surface area is 181 Å². The zero-order valence-electron chi connectivity index (χ0n) is 18.5. The summed E-state index contributed by atoms with van der Waals surface area (Å²) in [7, 11) is 1.87. The monoisotopic (exact) mass is 426 g/mol. The molecule has 8 heteroatoms. The Morgan fingerprint density at radius 2 is 1.97 bits per heavy atom. The number of aryl methyl sites for hydroxylation is 1. The van der Waals surface area contributed by atoms with E-state index in [1.165, 1.54) is 5.56 Å². The van der Waals surface area contributed by atoms with Crippen LogP contribution in [0.5, 0.6) is 0 Å². The average Bonchev–Trinajstić information content (AvgIpc) is 3.02. The van der Waals surface area contributed by atoms with Crippen molar-refractivity contribution in [2.75, 3.05) is 6.54 Å². The Hall–Kier alpha value is -2.90. The van der Waals surface area contributed by atoms with E-state index in [2.05, 4.69) is 43.3 Å². The summed E-state index contributed by atoms with van der Waals surface area (Å²) in [5.41, 5.74) is 2.68. The van der Waals surface area contributed by atoms with Crippen molar-refractivity contribution in [2.24, 2.45) is 12.5 Å². The minimum atomic E-state index is -0.852.